The molecule has 2 aromatic rings. The highest BCUT2D eigenvalue weighted by atomic mass is 127. The molecular formula is C14H18ClIN2O. The molecule has 0 radical (unpaired) electrons. The lowest BCUT2D eigenvalue weighted by Gasteiger charge is -2.20. The number of halogens is 2. The zero-order valence-corrected chi connectivity index (χ0v) is 14.1. The zero-order valence-electron chi connectivity index (χ0n) is 11.2. The largest absolute Gasteiger partial charge is 0.383 e. The number of nitrogens with zero attached hydrogens (tertiary/aromatic N) is 2. The fourth-order valence-electron chi connectivity index (χ4n) is 2.44. The Morgan fingerprint density at radius 1 is 1.47 bits per heavy atom. The minimum Gasteiger partial charge on any atom is -0.383 e. The second-order valence-electron chi connectivity index (χ2n) is 4.56. The van der Waals surface area contributed by atoms with Gasteiger partial charge in [0.05, 0.1) is 29.6 Å². The molecule has 0 saturated heterocycles. The second-order valence-corrected chi connectivity index (χ2v) is 6.08. The number of imidazole rings is 1. The highest BCUT2D eigenvalue weighted by Gasteiger charge is 2.18. The second kappa shape index (κ2) is 6.90. The van der Waals surface area contributed by atoms with Crippen LogP contribution in [0.4, 0.5) is 0 Å². The van der Waals surface area contributed by atoms with E-state index < -0.39 is 0 Å². The summed E-state index contributed by atoms with van der Waals surface area (Å²) in [4.78, 5) is 4.65. The Bertz CT molecular complexity index is 550. The molecule has 0 spiro atoms. The first-order chi connectivity index (χ1) is 9.21. The van der Waals surface area contributed by atoms with Crippen LogP contribution in [0.2, 0.25) is 0 Å². The maximum atomic E-state index is 6.06. The lowest BCUT2D eigenvalue weighted by molar-refractivity contribution is 0.151. The summed E-state index contributed by atoms with van der Waals surface area (Å²) < 4.78 is 8.79. The summed E-state index contributed by atoms with van der Waals surface area (Å²) >= 11 is 8.37. The van der Waals surface area contributed by atoms with E-state index in [1.165, 1.54) is 3.57 Å². The van der Waals surface area contributed by atoms with Crippen molar-refractivity contribution in [2.24, 2.45) is 0 Å². The van der Waals surface area contributed by atoms with Crippen LogP contribution in [0.25, 0.3) is 11.0 Å². The first-order valence-corrected chi connectivity index (χ1v) is 8.03. The maximum absolute atomic E-state index is 6.06. The molecule has 19 heavy (non-hydrogen) atoms. The molecule has 0 amide bonds. The van der Waals surface area contributed by atoms with E-state index in [4.69, 9.17) is 16.3 Å². The van der Waals surface area contributed by atoms with Gasteiger partial charge in [0, 0.05) is 10.7 Å². The minimum absolute atomic E-state index is 0.300. The molecular weight excluding hydrogens is 375 g/mol. The van der Waals surface area contributed by atoms with Gasteiger partial charge in [-0.15, -0.1) is 11.6 Å². The third kappa shape index (κ3) is 3.23. The molecule has 5 heteroatoms. The number of fused-ring (bicyclic) bond motifs is 1. The van der Waals surface area contributed by atoms with Crippen LogP contribution in [0.15, 0.2) is 18.2 Å². The molecule has 0 aliphatic rings. The van der Waals surface area contributed by atoms with Gasteiger partial charge in [-0.3, -0.25) is 0 Å². The van der Waals surface area contributed by atoms with Gasteiger partial charge in [0.2, 0.25) is 0 Å². The van der Waals surface area contributed by atoms with E-state index in [2.05, 4.69) is 57.3 Å². The molecule has 1 aromatic carbocycles. The molecule has 3 nitrogen and oxygen atoms in total. The van der Waals surface area contributed by atoms with Gasteiger partial charge in [-0.1, -0.05) is 13.3 Å². The highest BCUT2D eigenvalue weighted by molar-refractivity contribution is 14.1. The van der Waals surface area contributed by atoms with Crippen molar-refractivity contribution in [1.82, 2.24) is 9.55 Å². The number of methoxy groups -OCH3 is 1. The number of hydrogen-bond donors (Lipinski definition) is 0. The monoisotopic (exact) mass is 392 g/mol. The first kappa shape index (κ1) is 15.1. The van der Waals surface area contributed by atoms with Crippen molar-refractivity contribution >= 4 is 45.2 Å². The van der Waals surface area contributed by atoms with Gasteiger partial charge in [0.25, 0.3) is 0 Å². The Balaban J connectivity index is 2.54. The molecule has 0 N–H and O–H groups in total. The molecule has 1 unspecified atom stereocenters. The van der Waals surface area contributed by atoms with E-state index >= 15 is 0 Å². The van der Waals surface area contributed by atoms with E-state index in [-0.39, 0.29) is 0 Å². The number of rotatable bonds is 6. The van der Waals surface area contributed by atoms with E-state index in [0.29, 0.717) is 18.5 Å². The van der Waals surface area contributed by atoms with Gasteiger partial charge in [-0.2, -0.15) is 0 Å². The minimum atomic E-state index is 0.300. The lowest BCUT2D eigenvalue weighted by atomic mass is 10.1. The molecule has 1 heterocycles. The third-order valence-electron chi connectivity index (χ3n) is 3.19. The van der Waals surface area contributed by atoms with E-state index in [9.17, 15) is 0 Å². The van der Waals surface area contributed by atoms with Crippen LogP contribution < -0.4 is 0 Å². The SMILES string of the molecule is CCCC(COC)n1c(CCl)nc2cc(I)ccc21. The van der Waals surface area contributed by atoms with E-state index in [1.54, 1.807) is 7.11 Å². The van der Waals surface area contributed by atoms with Crippen LogP contribution in [0.3, 0.4) is 0 Å². The average molecular weight is 393 g/mol. The predicted octanol–water partition coefficient (Wildman–Crippen LogP) is 4.37. The Labute approximate surface area is 132 Å². The third-order valence-corrected chi connectivity index (χ3v) is 4.10. The Hall–Kier alpha value is -0.330. The molecule has 0 aliphatic heterocycles. The van der Waals surface area contributed by atoms with E-state index in [1.807, 2.05) is 0 Å². The van der Waals surface area contributed by atoms with Crippen LogP contribution >= 0.6 is 34.2 Å². The van der Waals surface area contributed by atoms with Gasteiger partial charge < -0.3 is 9.30 Å². The van der Waals surface area contributed by atoms with E-state index in [0.717, 1.165) is 29.7 Å². The summed E-state index contributed by atoms with van der Waals surface area (Å²) in [5.74, 6) is 1.35. The first-order valence-electron chi connectivity index (χ1n) is 6.42. The molecule has 0 aliphatic carbocycles. The van der Waals surface area contributed by atoms with Crippen LogP contribution in [-0.4, -0.2) is 23.3 Å². The van der Waals surface area contributed by atoms with Gasteiger partial charge in [-0.05, 0) is 47.2 Å². The van der Waals surface area contributed by atoms with Crippen LogP contribution in [0.1, 0.15) is 31.6 Å². The zero-order chi connectivity index (χ0) is 13.8. The number of hydrogen-bond acceptors (Lipinski definition) is 2. The van der Waals surface area contributed by atoms with Crippen LogP contribution in [-0.2, 0) is 10.6 Å². The smallest absolute Gasteiger partial charge is 0.125 e. The molecule has 1 atom stereocenters. The molecule has 1 aromatic heterocycles. The summed E-state index contributed by atoms with van der Waals surface area (Å²) in [6, 6.07) is 6.62. The fraction of sp³-hybridized carbons (Fsp3) is 0.500. The quantitative estimate of drug-likeness (QED) is 0.539. The molecule has 2 rings (SSSR count). The Kier molecular flexibility index (Phi) is 5.47. The molecule has 0 fully saturated rings. The van der Waals surface area contributed by atoms with Crippen LogP contribution in [0.5, 0.6) is 0 Å². The fourth-order valence-corrected chi connectivity index (χ4v) is 3.10. The van der Waals surface area contributed by atoms with Crippen molar-refractivity contribution < 1.29 is 4.74 Å². The van der Waals surface area contributed by atoms with Crippen molar-refractivity contribution in [1.29, 1.82) is 0 Å². The van der Waals surface area contributed by atoms with Gasteiger partial charge in [0.15, 0.2) is 0 Å². The van der Waals surface area contributed by atoms with Gasteiger partial charge in [-0.25, -0.2) is 4.98 Å². The maximum Gasteiger partial charge on any atom is 0.125 e. The summed E-state index contributed by atoms with van der Waals surface area (Å²) in [6.45, 7) is 2.88. The summed E-state index contributed by atoms with van der Waals surface area (Å²) in [5.41, 5.74) is 2.16. The van der Waals surface area contributed by atoms with Gasteiger partial charge in [0.1, 0.15) is 5.82 Å². The van der Waals surface area contributed by atoms with Gasteiger partial charge >= 0.3 is 0 Å². The summed E-state index contributed by atoms with van der Waals surface area (Å²) in [7, 11) is 1.74. The number of benzene rings is 1. The topological polar surface area (TPSA) is 27.1 Å². The Morgan fingerprint density at radius 2 is 2.26 bits per heavy atom. The lowest BCUT2D eigenvalue weighted by Crippen LogP contribution is -2.16. The number of alkyl halides is 1. The van der Waals surface area contributed by atoms with Crippen molar-refractivity contribution in [3.63, 3.8) is 0 Å². The summed E-state index contributed by atoms with van der Waals surface area (Å²) in [5, 5.41) is 0. The van der Waals surface area contributed by atoms with Crippen molar-refractivity contribution in [2.45, 2.75) is 31.7 Å². The van der Waals surface area contributed by atoms with Crippen molar-refractivity contribution in [2.75, 3.05) is 13.7 Å². The Morgan fingerprint density at radius 3 is 2.89 bits per heavy atom. The predicted molar refractivity (Wildman–Crippen MR) is 87.8 cm³/mol. The molecule has 104 valence electrons. The average Bonchev–Trinajstić information content (AvgIpc) is 2.75. The summed E-state index contributed by atoms with van der Waals surface area (Å²) in [6.07, 6.45) is 2.18. The van der Waals surface area contributed by atoms with Crippen molar-refractivity contribution in [3.8, 4) is 0 Å². The highest BCUT2D eigenvalue weighted by Crippen LogP contribution is 2.26. The normalized spacial score (nSPS) is 13.1. The number of ether oxygens (including phenoxy) is 1. The van der Waals surface area contributed by atoms with Crippen LogP contribution in [0, 0.1) is 3.57 Å². The molecule has 0 saturated carbocycles. The standard InChI is InChI=1S/C14H18ClIN2O/c1-3-4-11(9-19-2)18-13-6-5-10(16)7-12(13)17-14(18)8-15/h5-7,11H,3-4,8-9H2,1-2H3. The van der Waals surface area contributed by atoms with Crippen molar-refractivity contribution in [3.05, 3.63) is 27.6 Å². The molecule has 0 bridgehead atoms. The number of aromatic nitrogens is 2.